The van der Waals surface area contributed by atoms with Gasteiger partial charge in [-0.15, -0.1) is 11.3 Å². The van der Waals surface area contributed by atoms with Crippen LogP contribution in [0.5, 0.6) is 0 Å². The maximum Gasteiger partial charge on any atom is 0.226 e. The van der Waals surface area contributed by atoms with E-state index in [9.17, 15) is 4.79 Å². The van der Waals surface area contributed by atoms with Gasteiger partial charge in [0.2, 0.25) is 5.91 Å². The smallest absolute Gasteiger partial charge is 0.226 e. The van der Waals surface area contributed by atoms with Crippen molar-refractivity contribution in [3.63, 3.8) is 0 Å². The van der Waals surface area contributed by atoms with Crippen molar-refractivity contribution in [3.8, 4) is 0 Å². The predicted molar refractivity (Wildman–Crippen MR) is 75.7 cm³/mol. The third-order valence-corrected chi connectivity index (χ3v) is 4.75. The van der Waals surface area contributed by atoms with Gasteiger partial charge in [0, 0.05) is 31.1 Å². The molecule has 110 valence electrons. The van der Waals surface area contributed by atoms with E-state index in [1.165, 1.54) is 0 Å². The first-order valence-corrected chi connectivity index (χ1v) is 8.01. The fraction of sp³-hybridized carbons (Fsp3) is 0.714. The van der Waals surface area contributed by atoms with Crippen molar-refractivity contribution >= 4 is 17.2 Å². The second kappa shape index (κ2) is 6.20. The summed E-state index contributed by atoms with van der Waals surface area (Å²) in [5, 5.41) is 3.07. The third-order valence-electron chi connectivity index (χ3n) is 3.96. The Morgan fingerprint density at radius 1 is 1.35 bits per heavy atom. The summed E-state index contributed by atoms with van der Waals surface area (Å²) < 4.78 is 10.9. The van der Waals surface area contributed by atoms with Crippen molar-refractivity contribution in [3.05, 3.63) is 16.1 Å². The molecule has 0 saturated carbocycles. The van der Waals surface area contributed by atoms with Gasteiger partial charge in [-0.25, -0.2) is 4.98 Å². The number of carbonyl (C=O) groups excluding carboxylic acids is 1. The summed E-state index contributed by atoms with van der Waals surface area (Å²) in [6.45, 7) is 5.22. The first kappa shape index (κ1) is 14.0. The van der Waals surface area contributed by atoms with Crippen molar-refractivity contribution in [1.82, 2.24) is 9.88 Å². The molecule has 0 unspecified atom stereocenters. The van der Waals surface area contributed by atoms with Gasteiger partial charge in [0.1, 0.15) is 0 Å². The van der Waals surface area contributed by atoms with Gasteiger partial charge in [0.25, 0.3) is 0 Å². The summed E-state index contributed by atoms with van der Waals surface area (Å²) in [5.41, 5.74) is 0.965. The van der Waals surface area contributed by atoms with Crippen LogP contribution >= 0.6 is 11.3 Å². The second-order valence-corrected chi connectivity index (χ2v) is 6.36. The number of aromatic nitrogens is 1. The van der Waals surface area contributed by atoms with E-state index in [-0.39, 0.29) is 17.9 Å². The van der Waals surface area contributed by atoms with E-state index in [0.29, 0.717) is 33.0 Å². The number of nitrogens with zero attached hydrogens (tertiary/aromatic N) is 2. The summed E-state index contributed by atoms with van der Waals surface area (Å²) in [5.74, 6) is 0.344. The number of amides is 1. The van der Waals surface area contributed by atoms with Crippen molar-refractivity contribution in [2.24, 2.45) is 5.92 Å². The Hall–Kier alpha value is -0.980. The summed E-state index contributed by atoms with van der Waals surface area (Å²) in [6, 6.07) is -0.0240. The van der Waals surface area contributed by atoms with Crippen LogP contribution in [0.15, 0.2) is 5.38 Å². The van der Waals surface area contributed by atoms with E-state index in [1.54, 1.807) is 11.3 Å². The highest BCUT2D eigenvalue weighted by molar-refractivity contribution is 7.09. The van der Waals surface area contributed by atoms with Gasteiger partial charge in [-0.3, -0.25) is 4.79 Å². The molecule has 1 atom stereocenters. The first-order chi connectivity index (χ1) is 9.75. The molecule has 20 heavy (non-hydrogen) atoms. The molecule has 0 N–H and O–H groups in total. The standard InChI is InChI=1S/C14H20N2O3S/c1-10-15-12(9-20-10)13-8-19-7-4-16(13)14(17)11-2-5-18-6-3-11/h9,11,13H,2-8H2,1H3/t13-/m0/s1. The summed E-state index contributed by atoms with van der Waals surface area (Å²) in [4.78, 5) is 19.2. The van der Waals surface area contributed by atoms with Crippen molar-refractivity contribution in [2.75, 3.05) is 33.0 Å². The number of aryl methyl sites for hydroxylation is 1. The molecule has 0 aromatic carbocycles. The summed E-state index contributed by atoms with van der Waals surface area (Å²) in [6.07, 6.45) is 1.66. The van der Waals surface area contributed by atoms with Crippen LogP contribution < -0.4 is 0 Å². The number of hydrogen-bond acceptors (Lipinski definition) is 5. The largest absolute Gasteiger partial charge is 0.381 e. The Bertz CT molecular complexity index is 471. The highest BCUT2D eigenvalue weighted by atomic mass is 32.1. The molecule has 2 fully saturated rings. The summed E-state index contributed by atoms with van der Waals surface area (Å²) in [7, 11) is 0. The normalized spacial score (nSPS) is 24.9. The molecule has 0 aliphatic carbocycles. The molecule has 6 heteroatoms. The van der Waals surface area contributed by atoms with Crippen molar-refractivity contribution in [1.29, 1.82) is 0 Å². The fourth-order valence-corrected chi connectivity index (χ4v) is 3.48. The molecule has 3 heterocycles. The Kier molecular flexibility index (Phi) is 4.33. The van der Waals surface area contributed by atoms with Gasteiger partial charge in [-0.2, -0.15) is 0 Å². The van der Waals surface area contributed by atoms with E-state index in [0.717, 1.165) is 23.5 Å². The number of morpholine rings is 1. The lowest BCUT2D eigenvalue weighted by molar-refractivity contribution is -0.147. The maximum atomic E-state index is 12.7. The molecular formula is C14H20N2O3S. The summed E-state index contributed by atoms with van der Waals surface area (Å²) >= 11 is 1.62. The van der Waals surface area contributed by atoms with Crippen LogP contribution in [-0.2, 0) is 14.3 Å². The van der Waals surface area contributed by atoms with Crippen molar-refractivity contribution < 1.29 is 14.3 Å². The molecule has 0 radical (unpaired) electrons. The number of ether oxygens (including phenoxy) is 2. The quantitative estimate of drug-likeness (QED) is 0.835. The van der Waals surface area contributed by atoms with E-state index in [1.807, 2.05) is 17.2 Å². The molecule has 2 saturated heterocycles. The number of thiazole rings is 1. The number of carbonyl (C=O) groups is 1. The van der Waals surface area contributed by atoms with Gasteiger partial charge in [-0.05, 0) is 19.8 Å². The van der Waals surface area contributed by atoms with Crippen LogP contribution in [0, 0.1) is 12.8 Å². The monoisotopic (exact) mass is 296 g/mol. The molecule has 1 aromatic heterocycles. The zero-order valence-corrected chi connectivity index (χ0v) is 12.5. The Morgan fingerprint density at radius 2 is 2.15 bits per heavy atom. The van der Waals surface area contributed by atoms with Crippen molar-refractivity contribution in [2.45, 2.75) is 25.8 Å². The highest BCUT2D eigenvalue weighted by Gasteiger charge is 2.34. The molecule has 2 aliphatic heterocycles. The molecule has 0 bridgehead atoms. The van der Waals surface area contributed by atoms with Crippen LogP contribution in [0.4, 0.5) is 0 Å². The minimum atomic E-state index is -0.0240. The molecule has 2 aliphatic rings. The third kappa shape index (κ3) is 2.87. The first-order valence-electron chi connectivity index (χ1n) is 7.13. The highest BCUT2D eigenvalue weighted by Crippen LogP contribution is 2.29. The zero-order valence-electron chi connectivity index (χ0n) is 11.7. The molecule has 5 nitrogen and oxygen atoms in total. The average molecular weight is 296 g/mol. The average Bonchev–Trinajstić information content (AvgIpc) is 2.94. The van der Waals surface area contributed by atoms with Crippen LogP contribution in [0.25, 0.3) is 0 Å². The van der Waals surface area contributed by atoms with Gasteiger partial charge in [0.15, 0.2) is 0 Å². The van der Waals surface area contributed by atoms with E-state index < -0.39 is 0 Å². The molecule has 0 spiro atoms. The minimum absolute atomic E-state index is 0.0240. The lowest BCUT2D eigenvalue weighted by Crippen LogP contribution is -2.47. The van der Waals surface area contributed by atoms with Gasteiger partial charge in [0.05, 0.1) is 30.0 Å². The number of rotatable bonds is 2. The molecule has 3 rings (SSSR count). The van der Waals surface area contributed by atoms with Crippen LogP contribution in [0.2, 0.25) is 0 Å². The fourth-order valence-electron chi connectivity index (χ4n) is 2.82. The van der Waals surface area contributed by atoms with Gasteiger partial charge >= 0.3 is 0 Å². The Balaban J connectivity index is 1.76. The zero-order chi connectivity index (χ0) is 13.9. The van der Waals surface area contributed by atoms with E-state index in [2.05, 4.69) is 4.98 Å². The predicted octanol–water partition coefficient (Wildman–Crippen LogP) is 1.78. The Labute approximate surface area is 122 Å². The topological polar surface area (TPSA) is 51.7 Å². The molecule has 1 amide bonds. The van der Waals surface area contributed by atoms with Crippen LogP contribution in [0.1, 0.15) is 29.6 Å². The second-order valence-electron chi connectivity index (χ2n) is 5.30. The Morgan fingerprint density at radius 3 is 2.85 bits per heavy atom. The number of hydrogen-bond donors (Lipinski definition) is 0. The molecule has 1 aromatic rings. The van der Waals surface area contributed by atoms with Gasteiger partial charge < -0.3 is 14.4 Å². The minimum Gasteiger partial charge on any atom is -0.381 e. The van der Waals surface area contributed by atoms with E-state index in [4.69, 9.17) is 9.47 Å². The van der Waals surface area contributed by atoms with Gasteiger partial charge in [-0.1, -0.05) is 0 Å². The molecular weight excluding hydrogens is 276 g/mol. The maximum absolute atomic E-state index is 12.7. The lowest BCUT2D eigenvalue weighted by atomic mass is 9.97. The lowest BCUT2D eigenvalue weighted by Gasteiger charge is -2.37. The SMILES string of the molecule is Cc1nc([C@@H]2COCCN2C(=O)C2CCOCC2)cs1. The van der Waals surface area contributed by atoms with Crippen LogP contribution in [-0.4, -0.2) is 48.8 Å². The van der Waals surface area contributed by atoms with Crippen LogP contribution in [0.3, 0.4) is 0 Å². The van der Waals surface area contributed by atoms with E-state index >= 15 is 0 Å².